The Balaban J connectivity index is 0.000000108. The molecule has 0 unspecified atom stereocenters. The van der Waals surface area contributed by atoms with Crippen LogP contribution < -0.4 is 0 Å². The molecule has 30 rings (SSSR count). The summed E-state index contributed by atoms with van der Waals surface area (Å²) in [6.45, 7) is 0. The number of para-hydroxylation sites is 6. The number of hydrogen-bond acceptors (Lipinski definition) is 0. The summed E-state index contributed by atoms with van der Waals surface area (Å²) in [7, 11) is 0. The zero-order valence-corrected chi connectivity index (χ0v) is 82.1. The lowest BCUT2D eigenvalue weighted by Gasteiger charge is -2.11. The van der Waals surface area contributed by atoms with Gasteiger partial charge in [0, 0.05) is 98.8 Å². The maximum absolute atomic E-state index is 2.43. The van der Waals surface area contributed by atoms with Gasteiger partial charge in [0.25, 0.3) is 0 Å². The van der Waals surface area contributed by atoms with Gasteiger partial charge in [-0.3, -0.25) is 0 Å². The van der Waals surface area contributed by atoms with E-state index in [0.717, 1.165) is 17.1 Å². The van der Waals surface area contributed by atoms with E-state index in [1.807, 2.05) is 0 Å². The highest BCUT2D eigenvalue weighted by molar-refractivity contribution is 6.18. The van der Waals surface area contributed by atoms with Crippen molar-refractivity contribution in [3.63, 3.8) is 0 Å². The van der Waals surface area contributed by atoms with E-state index in [9.17, 15) is 0 Å². The maximum Gasteiger partial charge on any atom is 0.0547 e. The Bertz CT molecular complexity index is 10400. The summed E-state index contributed by atoms with van der Waals surface area (Å²) in [6.07, 6.45) is 0. The molecule has 6 aromatic heterocycles. The second-order valence-corrected chi connectivity index (χ2v) is 39.0. The van der Waals surface area contributed by atoms with E-state index in [0.29, 0.717) is 0 Å². The van der Waals surface area contributed by atoms with Crippen molar-refractivity contribution in [2.45, 2.75) is 0 Å². The van der Waals surface area contributed by atoms with Crippen LogP contribution in [0.3, 0.4) is 0 Å². The lowest BCUT2D eigenvalue weighted by molar-refractivity contribution is 1.18. The van der Waals surface area contributed by atoms with Crippen LogP contribution >= 0.6 is 0 Å². The number of rotatable bonds is 15. The Morgan fingerprint density at radius 3 is 0.500 bits per heavy atom. The zero-order valence-electron chi connectivity index (χ0n) is 82.1. The van der Waals surface area contributed by atoms with Crippen molar-refractivity contribution in [1.29, 1.82) is 0 Å². The van der Waals surface area contributed by atoms with Crippen molar-refractivity contribution in [1.82, 2.24) is 27.4 Å². The van der Waals surface area contributed by atoms with E-state index < -0.39 is 0 Å². The molecule has 0 aliphatic rings. The molecular formula is C144H96N6. The van der Waals surface area contributed by atoms with Crippen molar-refractivity contribution in [2.75, 3.05) is 0 Å². The van der Waals surface area contributed by atoms with Crippen molar-refractivity contribution in [2.24, 2.45) is 0 Å². The van der Waals surface area contributed by atoms with Gasteiger partial charge < -0.3 is 27.4 Å². The van der Waals surface area contributed by atoms with Crippen LogP contribution in [-0.2, 0) is 0 Å². The monoisotopic (exact) mass is 1910 g/mol. The Hall–Kier alpha value is -19.9. The predicted molar refractivity (Wildman–Crippen MR) is 634 cm³/mol. The Morgan fingerprint density at radius 1 is 0.0733 bits per heavy atom. The molecule has 0 amide bonds. The van der Waals surface area contributed by atoms with Crippen LogP contribution in [0.2, 0.25) is 0 Å². The number of nitrogens with zero attached hydrogens (tertiary/aromatic N) is 6. The van der Waals surface area contributed by atoms with E-state index in [2.05, 4.69) is 610 Å². The molecule has 0 aliphatic carbocycles. The van der Waals surface area contributed by atoms with Crippen LogP contribution in [-0.4, -0.2) is 27.4 Å². The van der Waals surface area contributed by atoms with E-state index in [4.69, 9.17) is 0 Å². The number of fused-ring (bicyclic) bond motifs is 18. The molecule has 24 aromatic carbocycles. The minimum atomic E-state index is 1.15. The van der Waals surface area contributed by atoms with Gasteiger partial charge in [0.1, 0.15) is 0 Å². The van der Waals surface area contributed by atoms with Crippen LogP contribution in [0.5, 0.6) is 0 Å². The number of aromatic nitrogens is 6. The van der Waals surface area contributed by atoms with E-state index >= 15 is 0 Å². The highest BCUT2D eigenvalue weighted by atomic mass is 15.0. The average Bonchev–Trinajstić information content (AvgIpc) is 1.59. The smallest absolute Gasteiger partial charge is 0.0547 e. The summed E-state index contributed by atoms with van der Waals surface area (Å²) in [5.74, 6) is 0. The molecule has 6 heterocycles. The molecule has 0 N–H and O–H groups in total. The molecule has 0 saturated carbocycles. The lowest BCUT2D eigenvalue weighted by Crippen LogP contribution is -1.95. The molecule has 150 heavy (non-hydrogen) atoms. The van der Waals surface area contributed by atoms with Crippen molar-refractivity contribution >= 4 is 131 Å². The van der Waals surface area contributed by atoms with E-state index in [1.54, 1.807) is 0 Å². The van der Waals surface area contributed by atoms with Gasteiger partial charge in [-0.2, -0.15) is 0 Å². The van der Waals surface area contributed by atoms with Crippen molar-refractivity contribution in [3.05, 3.63) is 582 Å². The molecule has 0 bridgehead atoms. The van der Waals surface area contributed by atoms with Crippen molar-refractivity contribution < 1.29 is 0 Å². The van der Waals surface area contributed by atoms with Crippen LogP contribution in [0, 0.1) is 0 Å². The van der Waals surface area contributed by atoms with Gasteiger partial charge in [0.15, 0.2) is 0 Å². The van der Waals surface area contributed by atoms with Gasteiger partial charge in [-0.05, 0) is 288 Å². The molecule has 0 spiro atoms. The third-order valence-corrected chi connectivity index (χ3v) is 30.4. The van der Waals surface area contributed by atoms with Crippen LogP contribution in [0.25, 0.3) is 265 Å². The molecule has 6 heteroatoms. The minimum absolute atomic E-state index is 1.15. The van der Waals surface area contributed by atoms with Crippen LogP contribution in [0.4, 0.5) is 0 Å². The van der Waals surface area contributed by atoms with E-state index in [-0.39, 0.29) is 0 Å². The normalized spacial score (nSPS) is 11.6. The van der Waals surface area contributed by atoms with Gasteiger partial charge in [0.05, 0.1) is 66.2 Å². The summed E-state index contributed by atoms with van der Waals surface area (Å²) in [5, 5.41) is 15.0. The molecule has 702 valence electrons. The van der Waals surface area contributed by atoms with Gasteiger partial charge in [0.2, 0.25) is 0 Å². The highest BCUT2D eigenvalue weighted by Gasteiger charge is 2.24. The standard InChI is InChI=1S/3C48H32N2/c1-4-13-33(14-5-1)35-17-12-20-40(29-35)50-47-28-25-37(31-44(47)42-26-23-38(32-48(42)50)34-15-6-2-7-16-34)36-24-27-46-43(30-36)41-21-10-11-22-45(41)49(46)39-18-8-3-9-19-39;1-4-12-33(13-5-1)35-20-25-40(26-21-35)50-47-29-24-37(31-44(47)42-27-22-38(32-48(42)50)34-14-6-2-7-15-34)36-23-28-46-43(30-36)41-18-10-11-19-45(41)49(46)39-16-8-3-9-17-39;1-4-12-33(13-5-1)35-20-25-40(26-21-35)50-47-27-22-36(34-14-6-2-7-15-34)30-43(47)44-32-38(24-29-48(44)50)37-23-28-46-42(31-37)41-18-10-11-19-45(41)49(46)39-16-8-3-9-17-39/h3*1-32H. The molecule has 0 aliphatic heterocycles. The maximum atomic E-state index is 2.43. The number of benzene rings is 24. The van der Waals surface area contributed by atoms with Crippen LogP contribution in [0.15, 0.2) is 582 Å². The van der Waals surface area contributed by atoms with Crippen molar-refractivity contribution in [3.8, 4) is 134 Å². The number of hydrogen-bond donors (Lipinski definition) is 0. The van der Waals surface area contributed by atoms with E-state index in [1.165, 1.54) is 248 Å². The summed E-state index contributed by atoms with van der Waals surface area (Å²) in [5.41, 5.74) is 43.3. The first-order valence-electron chi connectivity index (χ1n) is 51.6. The highest BCUT2D eigenvalue weighted by Crippen LogP contribution is 2.47. The Morgan fingerprint density at radius 2 is 0.227 bits per heavy atom. The molecule has 30 aromatic rings. The summed E-state index contributed by atoms with van der Waals surface area (Å²) in [6, 6.07) is 211. The summed E-state index contributed by atoms with van der Waals surface area (Å²) < 4.78 is 14.4. The third-order valence-electron chi connectivity index (χ3n) is 30.4. The van der Waals surface area contributed by atoms with Gasteiger partial charge in [-0.15, -0.1) is 0 Å². The first-order valence-corrected chi connectivity index (χ1v) is 51.6. The Kier molecular flexibility index (Phi) is 21.9. The Labute approximate surface area is 868 Å². The average molecular weight is 1910 g/mol. The molecule has 0 saturated heterocycles. The van der Waals surface area contributed by atoms with Crippen LogP contribution in [0.1, 0.15) is 0 Å². The summed E-state index contributed by atoms with van der Waals surface area (Å²) >= 11 is 0. The largest absolute Gasteiger partial charge is 0.309 e. The molecule has 6 nitrogen and oxygen atoms in total. The SMILES string of the molecule is c1ccc(-c2ccc(-n3c4ccc(-c5ccc6c(c5)c5ccccc5n6-c5ccccc5)cc4c4ccc(-c5ccccc5)cc43)cc2)cc1.c1ccc(-c2ccc(-n3c4ccc(-c5ccccc5)cc4c4cc(-c5ccc6c(c5)c5ccccc5n6-c5ccccc5)ccc43)cc2)cc1.c1ccc(-c2cccc(-n3c4ccc(-c5ccc6c(c5)c5ccccc5n6-c5ccccc5)cc4c4ccc(-c5ccccc5)cc43)c2)cc1. The molecule has 0 fully saturated rings. The first-order chi connectivity index (χ1) is 74.4. The zero-order chi connectivity index (χ0) is 99.1. The molecule has 0 atom stereocenters. The third kappa shape index (κ3) is 15.6. The first kappa shape index (κ1) is 87.8. The fraction of sp³-hybridized carbons (Fsp3) is 0. The fourth-order valence-electron chi connectivity index (χ4n) is 23.2. The topological polar surface area (TPSA) is 29.6 Å². The van der Waals surface area contributed by atoms with Gasteiger partial charge in [-0.1, -0.05) is 394 Å². The second-order valence-electron chi connectivity index (χ2n) is 39.0. The van der Waals surface area contributed by atoms with Gasteiger partial charge >= 0.3 is 0 Å². The minimum Gasteiger partial charge on any atom is -0.309 e. The van der Waals surface area contributed by atoms with Gasteiger partial charge in [-0.25, -0.2) is 0 Å². The molecule has 0 radical (unpaired) electrons. The fourth-order valence-corrected chi connectivity index (χ4v) is 23.2. The summed E-state index contributed by atoms with van der Waals surface area (Å²) in [4.78, 5) is 0. The predicted octanol–water partition coefficient (Wildman–Crippen LogP) is 38.6. The second kappa shape index (κ2) is 37.4. The lowest BCUT2D eigenvalue weighted by atomic mass is 9.99. The molecular weight excluding hydrogens is 1810 g/mol. The quantitative estimate of drug-likeness (QED) is 0.0979.